The lowest BCUT2D eigenvalue weighted by Crippen LogP contribution is -2.67. The Morgan fingerprint density at radius 1 is 0.525 bits per heavy atom. The predicted octanol–water partition coefficient (Wildman–Crippen LogP) is 6.75. The zero-order chi connectivity index (χ0) is 32.2. The van der Waals surface area contributed by atoms with Crippen molar-refractivity contribution in [3.05, 3.63) is 0 Å². The van der Waals surface area contributed by atoms with Gasteiger partial charge in [-0.25, -0.2) is 0 Å². The lowest BCUT2D eigenvalue weighted by molar-refractivity contribution is -0.411. The Labute approximate surface area is 211 Å². The number of rotatable bonds is 7. The molecule has 0 amide bonds. The molecule has 0 aliphatic heterocycles. The van der Waals surface area contributed by atoms with E-state index < -0.39 is 104 Å². The number of aliphatic hydroxyl groups is 2. The van der Waals surface area contributed by atoms with Crippen molar-refractivity contribution in [1.82, 2.24) is 0 Å². The van der Waals surface area contributed by atoms with Crippen LogP contribution in [0.5, 0.6) is 0 Å². The fraction of sp³-hybridized carbons (Fsp3) is 1.00. The molecule has 40 heavy (non-hydrogen) atoms. The third-order valence-electron chi connectivity index (χ3n) is 6.60. The molecule has 0 aromatic carbocycles. The molecule has 1 saturated carbocycles. The fourth-order valence-corrected chi connectivity index (χ4v) is 4.39. The van der Waals surface area contributed by atoms with Crippen LogP contribution in [0.4, 0.5) is 79.0 Å². The standard InChI is InChI=1S/C18H18F18O4/c1-2-10(13(19,20)21,14(22,23)24)40-6-39-9-4-7(11(37,15(25,26)27)16(28,29)30)3-8(5-9)12(38,17(31,32)33)18(34,35)36/h7-9,37-38H,2-6H2,1H3. The van der Waals surface area contributed by atoms with Gasteiger partial charge in [-0.2, -0.15) is 79.0 Å². The van der Waals surface area contributed by atoms with Crippen molar-refractivity contribution in [2.45, 2.75) is 92.6 Å². The summed E-state index contributed by atoms with van der Waals surface area (Å²) in [6.07, 6.45) is -51.2. The first-order chi connectivity index (χ1) is 17.3. The highest BCUT2D eigenvalue weighted by atomic mass is 19.4. The van der Waals surface area contributed by atoms with Crippen molar-refractivity contribution in [3.63, 3.8) is 0 Å². The molecule has 0 bridgehead atoms. The van der Waals surface area contributed by atoms with Gasteiger partial charge in [-0.3, -0.25) is 0 Å². The second-order valence-corrected chi connectivity index (χ2v) is 8.85. The summed E-state index contributed by atoms with van der Waals surface area (Å²) in [5.74, 6) is -7.46. The monoisotopic (exact) mass is 640 g/mol. The van der Waals surface area contributed by atoms with Crippen LogP contribution in [0, 0.1) is 11.8 Å². The molecule has 0 saturated heterocycles. The molecule has 0 spiro atoms. The second kappa shape index (κ2) is 10.7. The van der Waals surface area contributed by atoms with Gasteiger partial charge in [0.25, 0.3) is 16.8 Å². The van der Waals surface area contributed by atoms with E-state index in [9.17, 15) is 89.2 Å². The molecule has 1 aliphatic rings. The van der Waals surface area contributed by atoms with Crippen molar-refractivity contribution in [3.8, 4) is 0 Å². The van der Waals surface area contributed by atoms with Crippen LogP contribution in [-0.2, 0) is 9.47 Å². The topological polar surface area (TPSA) is 58.9 Å². The van der Waals surface area contributed by atoms with E-state index in [1.807, 2.05) is 0 Å². The highest BCUT2D eigenvalue weighted by Gasteiger charge is 2.78. The van der Waals surface area contributed by atoms with Crippen molar-refractivity contribution in [2.75, 3.05) is 6.79 Å². The molecule has 1 aliphatic carbocycles. The summed E-state index contributed by atoms with van der Waals surface area (Å²) < 4.78 is 247. The van der Waals surface area contributed by atoms with Crippen LogP contribution in [0.15, 0.2) is 0 Å². The first-order valence-corrected chi connectivity index (χ1v) is 10.5. The summed E-state index contributed by atoms with van der Waals surface area (Å²) in [5, 5.41) is 19.1. The summed E-state index contributed by atoms with van der Waals surface area (Å²) in [4.78, 5) is 0. The van der Waals surface area contributed by atoms with E-state index in [-0.39, 0.29) is 6.92 Å². The Morgan fingerprint density at radius 3 is 1.05 bits per heavy atom. The van der Waals surface area contributed by atoms with Crippen LogP contribution in [0.1, 0.15) is 32.6 Å². The Bertz CT molecular complexity index is 762. The van der Waals surface area contributed by atoms with Crippen molar-refractivity contribution in [2.24, 2.45) is 11.8 Å². The largest absolute Gasteiger partial charge is 0.426 e. The van der Waals surface area contributed by atoms with Crippen LogP contribution in [0.25, 0.3) is 0 Å². The van der Waals surface area contributed by atoms with E-state index in [1.165, 1.54) is 0 Å². The maximum Gasteiger partial charge on any atom is 0.426 e. The number of hydrogen-bond donors (Lipinski definition) is 2. The molecule has 2 N–H and O–H groups in total. The first-order valence-electron chi connectivity index (χ1n) is 10.5. The lowest BCUT2D eigenvalue weighted by Gasteiger charge is -2.48. The van der Waals surface area contributed by atoms with Gasteiger partial charge in [0.1, 0.15) is 6.79 Å². The molecular formula is C18H18F18O4. The maximum absolute atomic E-state index is 13.3. The number of ether oxygens (including phenoxy) is 2. The van der Waals surface area contributed by atoms with Crippen LogP contribution >= 0.6 is 0 Å². The molecule has 0 radical (unpaired) electrons. The average Bonchev–Trinajstić information content (AvgIpc) is 2.70. The summed E-state index contributed by atoms with van der Waals surface area (Å²) in [5.41, 5.74) is -17.2. The molecule has 22 heteroatoms. The van der Waals surface area contributed by atoms with Gasteiger partial charge in [0.2, 0.25) is 0 Å². The molecule has 240 valence electrons. The van der Waals surface area contributed by atoms with Crippen LogP contribution in [0.2, 0.25) is 0 Å². The van der Waals surface area contributed by atoms with E-state index in [0.29, 0.717) is 0 Å². The van der Waals surface area contributed by atoms with Crippen molar-refractivity contribution >= 4 is 0 Å². The highest BCUT2D eigenvalue weighted by molar-refractivity contribution is 5.08. The molecule has 2 unspecified atom stereocenters. The van der Waals surface area contributed by atoms with Crippen LogP contribution < -0.4 is 0 Å². The molecule has 4 nitrogen and oxygen atoms in total. The summed E-state index contributed by atoms with van der Waals surface area (Å²) in [7, 11) is 0. The number of halogens is 18. The molecule has 0 aromatic rings. The van der Waals surface area contributed by atoms with Crippen molar-refractivity contribution in [1.29, 1.82) is 0 Å². The summed E-state index contributed by atoms with van der Waals surface area (Å²) in [6.45, 7) is -2.09. The molecule has 2 atom stereocenters. The lowest BCUT2D eigenvalue weighted by atomic mass is 9.65. The van der Waals surface area contributed by atoms with Crippen LogP contribution in [-0.4, -0.2) is 77.0 Å². The minimum absolute atomic E-state index is 0.271. The quantitative estimate of drug-likeness (QED) is 0.239. The van der Waals surface area contributed by atoms with Gasteiger partial charge in [-0.1, -0.05) is 6.92 Å². The number of hydrogen-bond acceptors (Lipinski definition) is 4. The summed E-state index contributed by atoms with van der Waals surface area (Å²) in [6, 6.07) is 0. The predicted molar refractivity (Wildman–Crippen MR) is 90.9 cm³/mol. The third kappa shape index (κ3) is 6.18. The van der Waals surface area contributed by atoms with Gasteiger partial charge < -0.3 is 19.7 Å². The molecule has 0 aromatic heterocycles. The third-order valence-corrected chi connectivity index (χ3v) is 6.60. The van der Waals surface area contributed by atoms with Gasteiger partial charge in [0.05, 0.1) is 6.10 Å². The second-order valence-electron chi connectivity index (χ2n) is 8.85. The summed E-state index contributed by atoms with van der Waals surface area (Å²) >= 11 is 0. The zero-order valence-corrected chi connectivity index (χ0v) is 19.3. The average molecular weight is 640 g/mol. The molecule has 0 heterocycles. The van der Waals surface area contributed by atoms with E-state index in [2.05, 4.69) is 9.47 Å². The van der Waals surface area contributed by atoms with Gasteiger partial charge in [-0.05, 0) is 25.7 Å². The van der Waals surface area contributed by atoms with Crippen molar-refractivity contribution < 1.29 is 98.7 Å². The minimum atomic E-state index is -6.84. The van der Waals surface area contributed by atoms with Gasteiger partial charge in [0, 0.05) is 11.8 Å². The Kier molecular flexibility index (Phi) is 9.78. The van der Waals surface area contributed by atoms with Crippen LogP contribution in [0.3, 0.4) is 0 Å². The van der Waals surface area contributed by atoms with E-state index in [0.717, 1.165) is 0 Å². The Morgan fingerprint density at radius 2 is 0.825 bits per heavy atom. The Balaban J connectivity index is 3.62. The highest BCUT2D eigenvalue weighted by Crippen LogP contribution is 2.58. The first kappa shape index (κ1) is 36.6. The van der Waals surface area contributed by atoms with Gasteiger partial charge in [0.15, 0.2) is 0 Å². The molecule has 1 rings (SSSR count). The van der Waals surface area contributed by atoms with Gasteiger partial charge >= 0.3 is 37.1 Å². The smallest absolute Gasteiger partial charge is 0.373 e. The van der Waals surface area contributed by atoms with E-state index >= 15 is 0 Å². The SMILES string of the molecule is CCC(OCOC1CC(C(O)(C(F)(F)F)C(F)(F)F)CC(C(O)(C(F)(F)F)C(F)(F)F)C1)(C(F)(F)F)C(F)(F)F. The maximum atomic E-state index is 13.3. The van der Waals surface area contributed by atoms with Gasteiger partial charge in [-0.15, -0.1) is 0 Å². The molecule has 1 fully saturated rings. The normalized spacial score (nSPS) is 23.5. The molecular weight excluding hydrogens is 622 g/mol. The minimum Gasteiger partial charge on any atom is -0.373 e. The van der Waals surface area contributed by atoms with E-state index in [1.54, 1.807) is 0 Å². The van der Waals surface area contributed by atoms with E-state index in [4.69, 9.17) is 0 Å². The Hall–Kier alpha value is -1.42. The fourth-order valence-electron chi connectivity index (χ4n) is 4.39. The zero-order valence-electron chi connectivity index (χ0n) is 19.3. The number of alkyl halides is 18.